The van der Waals surface area contributed by atoms with Gasteiger partial charge in [0, 0.05) is 38.5 Å². The van der Waals surface area contributed by atoms with Gasteiger partial charge >= 0.3 is 0 Å². The molecule has 11 aromatic rings. The van der Waals surface area contributed by atoms with E-state index in [-0.39, 0.29) is 10.8 Å². The minimum atomic E-state index is -0.235. The minimum Gasteiger partial charge on any atom is -0.456 e. The second kappa shape index (κ2) is 13.4. The van der Waals surface area contributed by atoms with Crippen molar-refractivity contribution in [1.82, 2.24) is 0 Å². The Bertz CT molecular complexity index is 3720. The normalized spacial score (nSPS) is 14.2. The van der Waals surface area contributed by atoms with E-state index in [1.54, 1.807) is 0 Å². The number of para-hydroxylation sites is 2. The summed E-state index contributed by atoms with van der Waals surface area (Å²) in [5, 5.41) is 7.39. The molecule has 0 fully saturated rings. The molecule has 64 heavy (non-hydrogen) atoms. The first kappa shape index (κ1) is 36.9. The van der Waals surface area contributed by atoms with E-state index in [9.17, 15) is 0 Å². The highest BCUT2D eigenvalue weighted by Gasteiger charge is 2.38. The number of rotatable bonds is 5. The van der Waals surface area contributed by atoms with E-state index in [1.807, 2.05) is 6.07 Å². The fourth-order valence-corrected chi connectivity index (χ4v) is 11.2. The van der Waals surface area contributed by atoms with Crippen molar-refractivity contribution in [1.29, 1.82) is 0 Å². The third-order valence-corrected chi connectivity index (χ3v) is 14.6. The molecule has 0 spiro atoms. The van der Waals surface area contributed by atoms with Gasteiger partial charge in [-0.05, 0) is 156 Å². The second-order valence-electron chi connectivity index (χ2n) is 18.9. The number of fused-ring (bicyclic) bond motifs is 11. The molecule has 10 aromatic carbocycles. The maximum atomic E-state index is 6.43. The maximum absolute atomic E-state index is 6.43. The molecule has 2 aliphatic rings. The zero-order valence-corrected chi connectivity index (χ0v) is 36.4. The molecule has 2 heteroatoms. The van der Waals surface area contributed by atoms with E-state index in [4.69, 9.17) is 4.42 Å². The van der Waals surface area contributed by atoms with Crippen molar-refractivity contribution in [3.63, 3.8) is 0 Å². The summed E-state index contributed by atoms with van der Waals surface area (Å²) in [6.45, 7) is 9.53. The summed E-state index contributed by atoms with van der Waals surface area (Å²) in [6.07, 6.45) is 0. The van der Waals surface area contributed by atoms with Crippen LogP contribution in [0.1, 0.15) is 49.9 Å². The van der Waals surface area contributed by atoms with Crippen molar-refractivity contribution < 1.29 is 4.42 Å². The van der Waals surface area contributed by atoms with Gasteiger partial charge in [-0.3, -0.25) is 0 Å². The van der Waals surface area contributed by atoms with Gasteiger partial charge in [0.15, 0.2) is 0 Å². The average molecular weight is 820 g/mol. The summed E-state index contributed by atoms with van der Waals surface area (Å²) < 4.78 is 6.43. The molecule has 0 aliphatic heterocycles. The lowest BCUT2D eigenvalue weighted by molar-refractivity contribution is 0.658. The van der Waals surface area contributed by atoms with Crippen LogP contribution >= 0.6 is 0 Å². The van der Waals surface area contributed by atoms with Gasteiger partial charge in [0.05, 0.1) is 5.69 Å². The van der Waals surface area contributed by atoms with Crippen LogP contribution in [0, 0.1) is 0 Å². The van der Waals surface area contributed by atoms with Gasteiger partial charge in [-0.2, -0.15) is 0 Å². The van der Waals surface area contributed by atoms with Crippen LogP contribution in [0.15, 0.2) is 205 Å². The molecule has 1 aromatic heterocycles. The molecule has 304 valence electrons. The Hall–Kier alpha value is -7.68. The number of furan rings is 1. The van der Waals surface area contributed by atoms with Gasteiger partial charge in [0.1, 0.15) is 11.2 Å². The van der Waals surface area contributed by atoms with Crippen molar-refractivity contribution in [2.75, 3.05) is 4.90 Å². The van der Waals surface area contributed by atoms with Gasteiger partial charge in [-0.15, -0.1) is 0 Å². The molecule has 2 nitrogen and oxygen atoms in total. The van der Waals surface area contributed by atoms with E-state index in [2.05, 4.69) is 227 Å². The first-order chi connectivity index (χ1) is 31.2. The SMILES string of the molecule is CC1(C)c2cc3ccccc3cc2-c2cc3ccc(N(c4ccc5c(c4)C(C)(C)c4cc6c(cc4-5)oc4ccccc46)c4ccccc4-c4ccc(-c5ccccc5)cc4)cc3cc21. The van der Waals surface area contributed by atoms with Crippen LogP contribution in [0.4, 0.5) is 17.1 Å². The summed E-state index contributed by atoms with van der Waals surface area (Å²) >= 11 is 0. The highest BCUT2D eigenvalue weighted by molar-refractivity contribution is 6.08. The van der Waals surface area contributed by atoms with E-state index in [1.165, 1.54) is 93.7 Å². The summed E-state index contributed by atoms with van der Waals surface area (Å²) in [6, 6.07) is 74.2. The van der Waals surface area contributed by atoms with Crippen LogP contribution in [0.3, 0.4) is 0 Å². The van der Waals surface area contributed by atoms with Crippen molar-refractivity contribution in [3.05, 3.63) is 222 Å². The van der Waals surface area contributed by atoms with Crippen molar-refractivity contribution in [3.8, 4) is 44.5 Å². The third-order valence-electron chi connectivity index (χ3n) is 14.6. The van der Waals surface area contributed by atoms with Gasteiger partial charge in [0.2, 0.25) is 0 Å². The van der Waals surface area contributed by atoms with Crippen LogP contribution < -0.4 is 4.90 Å². The Kier molecular flexibility index (Phi) is 7.74. The molecular weight excluding hydrogens is 775 g/mol. The fraction of sp³-hybridized carbons (Fsp3) is 0.0968. The zero-order valence-electron chi connectivity index (χ0n) is 36.4. The molecule has 0 unspecified atom stereocenters. The molecule has 0 bridgehead atoms. The average Bonchev–Trinajstić information content (AvgIpc) is 3.88. The van der Waals surface area contributed by atoms with E-state index in [0.29, 0.717) is 0 Å². The summed E-state index contributed by atoms with van der Waals surface area (Å²) in [4.78, 5) is 2.48. The first-order valence-electron chi connectivity index (χ1n) is 22.5. The van der Waals surface area contributed by atoms with Crippen LogP contribution in [0.2, 0.25) is 0 Å². The van der Waals surface area contributed by atoms with Crippen molar-refractivity contribution >= 4 is 60.5 Å². The molecule has 0 atom stereocenters. The summed E-state index contributed by atoms with van der Waals surface area (Å²) in [7, 11) is 0. The lowest BCUT2D eigenvalue weighted by Crippen LogP contribution is -2.17. The zero-order chi connectivity index (χ0) is 42.9. The lowest BCUT2D eigenvalue weighted by atomic mass is 9.81. The molecular formula is C62H45NO. The molecule has 0 radical (unpaired) electrons. The monoisotopic (exact) mass is 819 g/mol. The first-order valence-corrected chi connectivity index (χ1v) is 22.5. The number of nitrogens with zero attached hydrogens (tertiary/aromatic N) is 1. The van der Waals surface area contributed by atoms with E-state index < -0.39 is 0 Å². The van der Waals surface area contributed by atoms with E-state index >= 15 is 0 Å². The number of benzene rings is 10. The molecule has 0 amide bonds. The van der Waals surface area contributed by atoms with Crippen LogP contribution in [0.25, 0.3) is 88.0 Å². The quantitative estimate of drug-likeness (QED) is 0.172. The Morgan fingerprint density at radius 3 is 1.66 bits per heavy atom. The summed E-state index contributed by atoms with van der Waals surface area (Å²) in [5.74, 6) is 0. The molecule has 1 heterocycles. The smallest absolute Gasteiger partial charge is 0.136 e. The number of hydrogen-bond donors (Lipinski definition) is 0. The fourth-order valence-electron chi connectivity index (χ4n) is 11.2. The predicted molar refractivity (Wildman–Crippen MR) is 269 cm³/mol. The van der Waals surface area contributed by atoms with Crippen molar-refractivity contribution in [2.45, 2.75) is 38.5 Å². The molecule has 0 saturated carbocycles. The molecule has 0 N–H and O–H groups in total. The van der Waals surface area contributed by atoms with Crippen LogP contribution in [-0.4, -0.2) is 0 Å². The second-order valence-corrected chi connectivity index (χ2v) is 18.9. The van der Waals surface area contributed by atoms with Gasteiger partial charge in [-0.25, -0.2) is 0 Å². The number of anilines is 3. The summed E-state index contributed by atoms with van der Waals surface area (Å²) in [5.41, 5.74) is 20.3. The Morgan fingerprint density at radius 1 is 0.328 bits per heavy atom. The molecule has 0 saturated heterocycles. The standard InChI is InChI=1S/C62H45NO/c1-61(2)54-33-42-17-9-8-16-41(42)31-50(54)51-32-43-26-27-45(30-44(43)34-55(51)61)63(58-20-12-10-18-47(58)40-24-22-39(23-25-40)38-14-6-5-7-15-38)46-28-29-48-52-37-60-53(49-19-11-13-21-59(49)64-60)36-57(52)62(3,4)56(48)35-46/h5-37H,1-4H3. The Morgan fingerprint density at radius 2 is 0.875 bits per heavy atom. The van der Waals surface area contributed by atoms with Gasteiger partial charge < -0.3 is 9.32 Å². The van der Waals surface area contributed by atoms with Gasteiger partial charge in [0.25, 0.3) is 0 Å². The Balaban J connectivity index is 0.987. The van der Waals surface area contributed by atoms with E-state index in [0.717, 1.165) is 33.6 Å². The topological polar surface area (TPSA) is 16.4 Å². The van der Waals surface area contributed by atoms with Crippen molar-refractivity contribution in [2.24, 2.45) is 0 Å². The lowest BCUT2D eigenvalue weighted by Gasteiger charge is -2.30. The maximum Gasteiger partial charge on any atom is 0.136 e. The third kappa shape index (κ3) is 5.39. The number of hydrogen-bond acceptors (Lipinski definition) is 2. The van der Waals surface area contributed by atoms with Crippen LogP contribution in [0.5, 0.6) is 0 Å². The highest BCUT2D eigenvalue weighted by Crippen LogP contribution is 2.54. The van der Waals surface area contributed by atoms with Crippen LogP contribution in [-0.2, 0) is 10.8 Å². The minimum absolute atomic E-state index is 0.134. The predicted octanol–water partition coefficient (Wildman–Crippen LogP) is 17.3. The molecule has 13 rings (SSSR count). The molecule has 2 aliphatic carbocycles. The largest absolute Gasteiger partial charge is 0.456 e. The highest BCUT2D eigenvalue weighted by atomic mass is 16.3. The van der Waals surface area contributed by atoms with Gasteiger partial charge in [-0.1, -0.05) is 155 Å². The Labute approximate surface area is 373 Å².